The Bertz CT molecular complexity index is 128. The second-order valence-electron chi connectivity index (χ2n) is 3.22. The molecule has 1 amide bonds. The molecule has 3 nitrogen and oxygen atoms in total. The minimum absolute atomic E-state index is 0.156. The van der Waals surface area contributed by atoms with Gasteiger partial charge in [0.05, 0.1) is 0 Å². The Hall–Kier alpha value is -0.570. The van der Waals surface area contributed by atoms with Crippen molar-refractivity contribution in [2.75, 3.05) is 13.1 Å². The van der Waals surface area contributed by atoms with E-state index in [2.05, 4.69) is 5.32 Å². The first kappa shape index (κ1) is 8.53. The van der Waals surface area contributed by atoms with Gasteiger partial charge in [0.25, 0.3) is 0 Å². The Morgan fingerprint density at radius 3 is 3.00 bits per heavy atom. The third-order valence-electron chi connectivity index (χ3n) is 2.19. The summed E-state index contributed by atoms with van der Waals surface area (Å²) < 4.78 is 0. The highest BCUT2D eigenvalue weighted by Gasteiger charge is 2.13. The van der Waals surface area contributed by atoms with Crippen LogP contribution in [0.5, 0.6) is 0 Å². The van der Waals surface area contributed by atoms with E-state index in [0.29, 0.717) is 12.3 Å². The first-order valence-corrected chi connectivity index (χ1v) is 4.28. The van der Waals surface area contributed by atoms with Gasteiger partial charge in [0.2, 0.25) is 5.91 Å². The van der Waals surface area contributed by atoms with Crippen molar-refractivity contribution in [3.63, 3.8) is 0 Å². The molecule has 1 saturated heterocycles. The summed E-state index contributed by atoms with van der Waals surface area (Å²) >= 11 is 0. The normalized spacial score (nSPS) is 26.0. The summed E-state index contributed by atoms with van der Waals surface area (Å²) in [4.78, 5) is 10.6. The summed E-state index contributed by atoms with van der Waals surface area (Å²) in [6.45, 7) is 2.13. The van der Waals surface area contributed by atoms with Crippen molar-refractivity contribution in [3.05, 3.63) is 0 Å². The Morgan fingerprint density at radius 1 is 1.45 bits per heavy atom. The van der Waals surface area contributed by atoms with Gasteiger partial charge in [-0.25, -0.2) is 0 Å². The Labute approximate surface area is 67.3 Å². The second-order valence-corrected chi connectivity index (χ2v) is 3.22. The van der Waals surface area contributed by atoms with Crippen LogP contribution in [0.2, 0.25) is 0 Å². The molecule has 1 aliphatic rings. The molecule has 1 fully saturated rings. The first-order chi connectivity index (χ1) is 5.29. The molecule has 11 heavy (non-hydrogen) atoms. The highest BCUT2D eigenvalue weighted by molar-refractivity contribution is 5.73. The summed E-state index contributed by atoms with van der Waals surface area (Å²) in [5.74, 6) is 0.374. The zero-order valence-electron chi connectivity index (χ0n) is 6.81. The van der Waals surface area contributed by atoms with E-state index in [0.717, 1.165) is 25.9 Å². The maximum Gasteiger partial charge on any atom is 0.217 e. The number of primary amides is 1. The minimum Gasteiger partial charge on any atom is -0.370 e. The molecule has 0 aliphatic carbocycles. The van der Waals surface area contributed by atoms with E-state index >= 15 is 0 Å². The van der Waals surface area contributed by atoms with Gasteiger partial charge in [-0.2, -0.15) is 0 Å². The third-order valence-corrected chi connectivity index (χ3v) is 2.19. The van der Waals surface area contributed by atoms with Gasteiger partial charge in [0.15, 0.2) is 0 Å². The van der Waals surface area contributed by atoms with Gasteiger partial charge in [-0.05, 0) is 38.3 Å². The molecule has 1 unspecified atom stereocenters. The predicted molar refractivity (Wildman–Crippen MR) is 44.0 cm³/mol. The standard InChI is InChI=1S/C8H16N2O/c9-8(11)6-7-2-1-4-10-5-3-7/h7,10H,1-6H2,(H2,9,11). The molecule has 1 rings (SSSR count). The van der Waals surface area contributed by atoms with E-state index in [1.165, 1.54) is 6.42 Å². The topological polar surface area (TPSA) is 55.1 Å². The third kappa shape index (κ3) is 3.37. The summed E-state index contributed by atoms with van der Waals surface area (Å²) in [6, 6.07) is 0. The number of hydrogen-bond donors (Lipinski definition) is 2. The lowest BCUT2D eigenvalue weighted by molar-refractivity contribution is -0.118. The lowest BCUT2D eigenvalue weighted by atomic mass is 9.97. The predicted octanol–water partition coefficient (Wildman–Crippen LogP) is 0.251. The molecule has 3 heteroatoms. The van der Waals surface area contributed by atoms with E-state index in [4.69, 9.17) is 5.73 Å². The lowest BCUT2D eigenvalue weighted by Crippen LogP contribution is -2.18. The van der Waals surface area contributed by atoms with Gasteiger partial charge in [0, 0.05) is 6.42 Å². The van der Waals surface area contributed by atoms with E-state index < -0.39 is 0 Å². The Morgan fingerprint density at radius 2 is 2.27 bits per heavy atom. The van der Waals surface area contributed by atoms with Crippen LogP contribution in [0.3, 0.4) is 0 Å². The molecular formula is C8H16N2O. The fraction of sp³-hybridized carbons (Fsp3) is 0.875. The van der Waals surface area contributed by atoms with Crippen LogP contribution in [0.4, 0.5) is 0 Å². The molecule has 0 saturated carbocycles. The number of carbonyl (C=O) groups excluding carboxylic acids is 1. The van der Waals surface area contributed by atoms with Crippen LogP contribution in [0, 0.1) is 5.92 Å². The average Bonchev–Trinajstić information content (AvgIpc) is 2.14. The van der Waals surface area contributed by atoms with Crippen LogP contribution in [0.1, 0.15) is 25.7 Å². The van der Waals surface area contributed by atoms with Crippen LogP contribution in [-0.2, 0) is 4.79 Å². The van der Waals surface area contributed by atoms with E-state index in [-0.39, 0.29) is 5.91 Å². The number of nitrogens with one attached hydrogen (secondary N) is 1. The molecule has 0 bridgehead atoms. The Balaban J connectivity index is 2.25. The molecule has 64 valence electrons. The maximum absolute atomic E-state index is 10.6. The average molecular weight is 156 g/mol. The number of amides is 1. The van der Waals surface area contributed by atoms with Crippen LogP contribution in [-0.4, -0.2) is 19.0 Å². The summed E-state index contributed by atoms with van der Waals surface area (Å²) in [5.41, 5.74) is 5.11. The fourth-order valence-electron chi connectivity index (χ4n) is 1.58. The van der Waals surface area contributed by atoms with Crippen LogP contribution in [0.15, 0.2) is 0 Å². The van der Waals surface area contributed by atoms with Crippen molar-refractivity contribution in [2.45, 2.75) is 25.7 Å². The molecule has 0 aromatic carbocycles. The molecule has 0 aromatic rings. The molecule has 3 N–H and O–H groups in total. The molecule has 0 aromatic heterocycles. The van der Waals surface area contributed by atoms with Crippen molar-refractivity contribution >= 4 is 5.91 Å². The van der Waals surface area contributed by atoms with Crippen molar-refractivity contribution in [2.24, 2.45) is 11.7 Å². The summed E-state index contributed by atoms with van der Waals surface area (Å²) in [6.07, 6.45) is 4.00. The number of hydrogen-bond acceptors (Lipinski definition) is 2. The van der Waals surface area contributed by atoms with Gasteiger partial charge >= 0.3 is 0 Å². The number of nitrogens with two attached hydrogens (primary N) is 1. The Kier molecular flexibility index (Phi) is 3.36. The van der Waals surface area contributed by atoms with E-state index in [1.807, 2.05) is 0 Å². The highest BCUT2D eigenvalue weighted by Crippen LogP contribution is 2.16. The van der Waals surface area contributed by atoms with Gasteiger partial charge < -0.3 is 11.1 Å². The van der Waals surface area contributed by atoms with E-state index in [9.17, 15) is 4.79 Å². The largest absolute Gasteiger partial charge is 0.370 e. The van der Waals surface area contributed by atoms with Crippen molar-refractivity contribution in [1.82, 2.24) is 5.32 Å². The molecule has 0 spiro atoms. The lowest BCUT2D eigenvalue weighted by Gasteiger charge is -2.09. The molecule has 0 radical (unpaired) electrons. The summed E-state index contributed by atoms with van der Waals surface area (Å²) in [5, 5.41) is 3.30. The smallest absolute Gasteiger partial charge is 0.217 e. The highest BCUT2D eigenvalue weighted by atomic mass is 16.1. The first-order valence-electron chi connectivity index (χ1n) is 4.28. The summed E-state index contributed by atoms with van der Waals surface area (Å²) in [7, 11) is 0. The minimum atomic E-state index is -0.156. The van der Waals surface area contributed by atoms with Crippen molar-refractivity contribution < 1.29 is 4.79 Å². The van der Waals surface area contributed by atoms with Crippen LogP contribution in [0.25, 0.3) is 0 Å². The van der Waals surface area contributed by atoms with Crippen molar-refractivity contribution in [1.29, 1.82) is 0 Å². The quantitative estimate of drug-likeness (QED) is 0.602. The van der Waals surface area contributed by atoms with Gasteiger partial charge in [-0.3, -0.25) is 4.79 Å². The van der Waals surface area contributed by atoms with Crippen LogP contribution < -0.4 is 11.1 Å². The number of rotatable bonds is 2. The van der Waals surface area contributed by atoms with Crippen molar-refractivity contribution in [3.8, 4) is 0 Å². The maximum atomic E-state index is 10.6. The van der Waals surface area contributed by atoms with E-state index in [1.54, 1.807) is 0 Å². The monoisotopic (exact) mass is 156 g/mol. The van der Waals surface area contributed by atoms with Crippen LogP contribution >= 0.6 is 0 Å². The zero-order chi connectivity index (χ0) is 8.10. The van der Waals surface area contributed by atoms with Gasteiger partial charge in [-0.1, -0.05) is 0 Å². The van der Waals surface area contributed by atoms with Gasteiger partial charge in [-0.15, -0.1) is 0 Å². The second kappa shape index (κ2) is 4.34. The molecule has 1 atom stereocenters. The SMILES string of the molecule is NC(=O)CC1CCCNCC1. The molecule has 1 aliphatic heterocycles. The molecule has 1 heterocycles. The number of carbonyl (C=O) groups is 1. The van der Waals surface area contributed by atoms with Gasteiger partial charge in [0.1, 0.15) is 0 Å². The fourth-order valence-corrected chi connectivity index (χ4v) is 1.58. The molecular weight excluding hydrogens is 140 g/mol. The zero-order valence-corrected chi connectivity index (χ0v) is 6.81.